The Morgan fingerprint density at radius 3 is 2.63 bits per heavy atom. The molecule has 27 heavy (non-hydrogen) atoms. The maximum atomic E-state index is 12.3. The number of hydrogen-bond donors (Lipinski definition) is 0. The minimum Gasteiger partial charge on any atom is -0.459 e. The first-order valence-electron chi connectivity index (χ1n) is 9.13. The van der Waals surface area contributed by atoms with E-state index < -0.39 is 0 Å². The van der Waals surface area contributed by atoms with E-state index in [2.05, 4.69) is 23.9 Å². The Hall–Kier alpha value is -2.22. The van der Waals surface area contributed by atoms with Gasteiger partial charge in [0.1, 0.15) is 6.61 Å². The van der Waals surface area contributed by atoms with Gasteiger partial charge in [-0.2, -0.15) is 5.10 Å². The standard InChI is InChI=1S/C19H28N4O3S/c1-7-22(15(6)24)19-20-16(11-27-19)10-26-18(25)8-17-13(4)21-23(14(17)5)9-12(2)3/h11-12H,7-10H2,1-6H3. The highest BCUT2D eigenvalue weighted by Crippen LogP contribution is 2.21. The Labute approximate surface area is 164 Å². The summed E-state index contributed by atoms with van der Waals surface area (Å²) in [6, 6.07) is 0. The van der Waals surface area contributed by atoms with E-state index in [9.17, 15) is 9.59 Å². The van der Waals surface area contributed by atoms with E-state index in [0.29, 0.717) is 23.3 Å². The summed E-state index contributed by atoms with van der Waals surface area (Å²) in [6.45, 7) is 13.1. The highest BCUT2D eigenvalue weighted by molar-refractivity contribution is 7.14. The molecule has 0 N–H and O–H groups in total. The molecule has 0 fully saturated rings. The number of carbonyl (C=O) groups excluding carboxylic acids is 2. The first kappa shape index (κ1) is 21.1. The minimum absolute atomic E-state index is 0.0558. The number of carbonyl (C=O) groups is 2. The predicted molar refractivity (Wildman–Crippen MR) is 106 cm³/mol. The van der Waals surface area contributed by atoms with Gasteiger partial charge in [0.25, 0.3) is 0 Å². The lowest BCUT2D eigenvalue weighted by atomic mass is 10.1. The van der Waals surface area contributed by atoms with Crippen LogP contribution in [-0.2, 0) is 33.9 Å². The SMILES string of the molecule is CCN(C(C)=O)c1nc(COC(=O)Cc2c(C)nn(CC(C)C)c2C)cs1. The van der Waals surface area contributed by atoms with Gasteiger partial charge in [-0.05, 0) is 26.7 Å². The van der Waals surface area contributed by atoms with Gasteiger partial charge in [-0.25, -0.2) is 4.98 Å². The number of thiazole rings is 1. The maximum absolute atomic E-state index is 12.3. The van der Waals surface area contributed by atoms with Crippen LogP contribution in [0, 0.1) is 19.8 Å². The van der Waals surface area contributed by atoms with Crippen molar-refractivity contribution in [2.24, 2.45) is 5.92 Å². The van der Waals surface area contributed by atoms with E-state index in [1.165, 1.54) is 18.3 Å². The lowest BCUT2D eigenvalue weighted by Crippen LogP contribution is -2.27. The highest BCUT2D eigenvalue weighted by atomic mass is 32.1. The topological polar surface area (TPSA) is 77.3 Å². The number of ether oxygens (including phenoxy) is 1. The van der Waals surface area contributed by atoms with Gasteiger partial charge in [-0.1, -0.05) is 13.8 Å². The Morgan fingerprint density at radius 2 is 2.04 bits per heavy atom. The van der Waals surface area contributed by atoms with Crippen LogP contribution in [0.25, 0.3) is 0 Å². The molecule has 148 valence electrons. The molecule has 0 bridgehead atoms. The molecule has 2 rings (SSSR count). The molecule has 0 saturated heterocycles. The number of anilines is 1. The molecule has 2 aromatic heterocycles. The number of hydrogen-bond acceptors (Lipinski definition) is 6. The molecule has 0 aromatic carbocycles. The number of rotatable bonds is 8. The molecule has 0 aliphatic carbocycles. The molecule has 0 saturated carbocycles. The van der Waals surface area contributed by atoms with Crippen LogP contribution in [0.4, 0.5) is 5.13 Å². The number of aryl methyl sites for hydroxylation is 1. The van der Waals surface area contributed by atoms with Crippen molar-refractivity contribution in [3.8, 4) is 0 Å². The van der Waals surface area contributed by atoms with Crippen LogP contribution in [0.15, 0.2) is 5.38 Å². The van der Waals surface area contributed by atoms with Crippen LogP contribution >= 0.6 is 11.3 Å². The summed E-state index contributed by atoms with van der Waals surface area (Å²) in [4.78, 5) is 29.8. The lowest BCUT2D eigenvalue weighted by Gasteiger charge is -2.14. The Morgan fingerprint density at radius 1 is 1.33 bits per heavy atom. The third kappa shape index (κ3) is 5.38. The van der Waals surface area contributed by atoms with Crippen LogP contribution in [0.1, 0.15) is 50.3 Å². The molecule has 0 radical (unpaired) electrons. The predicted octanol–water partition coefficient (Wildman–Crippen LogP) is 3.27. The molecule has 7 nitrogen and oxygen atoms in total. The average molecular weight is 393 g/mol. The zero-order chi connectivity index (χ0) is 20.1. The number of esters is 1. The summed E-state index contributed by atoms with van der Waals surface area (Å²) in [7, 11) is 0. The van der Waals surface area contributed by atoms with Gasteiger partial charge in [-0.3, -0.25) is 19.2 Å². The van der Waals surface area contributed by atoms with Crippen LogP contribution in [0.3, 0.4) is 0 Å². The second-order valence-corrected chi connectivity index (χ2v) is 7.78. The van der Waals surface area contributed by atoms with Crippen molar-refractivity contribution < 1.29 is 14.3 Å². The van der Waals surface area contributed by atoms with Gasteiger partial charge < -0.3 is 4.74 Å². The van der Waals surface area contributed by atoms with Crippen molar-refractivity contribution >= 4 is 28.3 Å². The molecule has 0 aliphatic heterocycles. The summed E-state index contributed by atoms with van der Waals surface area (Å²) >= 11 is 1.37. The van der Waals surface area contributed by atoms with Gasteiger partial charge in [0.2, 0.25) is 5.91 Å². The van der Waals surface area contributed by atoms with Gasteiger partial charge >= 0.3 is 5.97 Å². The summed E-state index contributed by atoms with van der Waals surface area (Å²) in [6.07, 6.45) is 0.196. The fourth-order valence-corrected chi connectivity index (χ4v) is 3.76. The number of amides is 1. The molecule has 1 amide bonds. The highest BCUT2D eigenvalue weighted by Gasteiger charge is 2.18. The van der Waals surface area contributed by atoms with E-state index in [1.807, 2.05) is 30.8 Å². The maximum Gasteiger partial charge on any atom is 0.310 e. The normalized spacial score (nSPS) is 11.1. The smallest absolute Gasteiger partial charge is 0.310 e. The van der Waals surface area contributed by atoms with Crippen LogP contribution in [-0.4, -0.2) is 33.2 Å². The zero-order valence-corrected chi connectivity index (χ0v) is 17.7. The average Bonchev–Trinajstić information content (AvgIpc) is 3.13. The lowest BCUT2D eigenvalue weighted by molar-refractivity contribution is -0.144. The van der Waals surface area contributed by atoms with Crippen molar-refractivity contribution in [1.29, 1.82) is 0 Å². The second kappa shape index (κ2) is 9.12. The molecule has 0 atom stereocenters. The minimum atomic E-state index is -0.307. The van der Waals surface area contributed by atoms with Crippen LogP contribution in [0.5, 0.6) is 0 Å². The van der Waals surface area contributed by atoms with E-state index in [-0.39, 0.29) is 24.9 Å². The van der Waals surface area contributed by atoms with Crippen LogP contribution in [0.2, 0.25) is 0 Å². The van der Waals surface area contributed by atoms with Crippen molar-refractivity contribution in [2.45, 2.75) is 61.1 Å². The largest absolute Gasteiger partial charge is 0.459 e. The van der Waals surface area contributed by atoms with E-state index >= 15 is 0 Å². The third-order valence-electron chi connectivity index (χ3n) is 4.24. The van der Waals surface area contributed by atoms with E-state index in [1.54, 1.807) is 4.90 Å². The Kier molecular flexibility index (Phi) is 7.12. The van der Waals surface area contributed by atoms with Crippen molar-refractivity contribution in [3.63, 3.8) is 0 Å². The molecule has 8 heteroatoms. The molecular formula is C19H28N4O3S. The second-order valence-electron chi connectivity index (χ2n) is 6.95. The number of aromatic nitrogens is 3. The van der Waals surface area contributed by atoms with Crippen molar-refractivity contribution in [1.82, 2.24) is 14.8 Å². The molecule has 0 aliphatic rings. The summed E-state index contributed by atoms with van der Waals surface area (Å²) in [5.41, 5.74) is 3.44. The van der Waals surface area contributed by atoms with Crippen molar-refractivity contribution in [2.75, 3.05) is 11.4 Å². The number of nitrogens with zero attached hydrogens (tertiary/aromatic N) is 4. The van der Waals surface area contributed by atoms with E-state index in [0.717, 1.165) is 23.5 Å². The summed E-state index contributed by atoms with van der Waals surface area (Å²) in [5, 5.41) is 6.96. The van der Waals surface area contributed by atoms with Crippen molar-refractivity contribution in [3.05, 3.63) is 28.0 Å². The van der Waals surface area contributed by atoms with Crippen LogP contribution < -0.4 is 4.90 Å². The van der Waals surface area contributed by atoms with E-state index in [4.69, 9.17) is 4.74 Å². The molecular weight excluding hydrogens is 364 g/mol. The molecule has 2 heterocycles. The Balaban J connectivity index is 1.97. The Bertz CT molecular complexity index is 810. The molecule has 0 spiro atoms. The van der Waals surface area contributed by atoms with Gasteiger partial charge in [0.15, 0.2) is 5.13 Å². The van der Waals surface area contributed by atoms with Gasteiger partial charge in [-0.15, -0.1) is 11.3 Å². The summed E-state index contributed by atoms with van der Waals surface area (Å²) in [5.74, 6) is 0.123. The fourth-order valence-electron chi connectivity index (χ4n) is 2.84. The monoisotopic (exact) mass is 392 g/mol. The van der Waals surface area contributed by atoms with Gasteiger partial charge in [0, 0.05) is 36.7 Å². The third-order valence-corrected chi connectivity index (χ3v) is 5.15. The molecule has 0 unspecified atom stereocenters. The quantitative estimate of drug-likeness (QED) is 0.644. The summed E-state index contributed by atoms with van der Waals surface area (Å²) < 4.78 is 7.34. The zero-order valence-electron chi connectivity index (χ0n) is 16.9. The first-order valence-corrected chi connectivity index (χ1v) is 10.0. The van der Waals surface area contributed by atoms with Gasteiger partial charge in [0.05, 0.1) is 17.8 Å². The molecule has 2 aromatic rings. The first-order chi connectivity index (χ1) is 12.7. The fraction of sp³-hybridized carbons (Fsp3) is 0.579.